The van der Waals surface area contributed by atoms with Crippen LogP contribution in [0, 0.1) is 11.3 Å². The van der Waals surface area contributed by atoms with E-state index in [-0.39, 0.29) is 18.4 Å². The van der Waals surface area contributed by atoms with Crippen LogP contribution in [-0.2, 0) is 27.3 Å². The SMILES string of the molecule is O=C(c1cc2c(s1)CCOC2)N1C[C@H]2COCC[C@@]2(C(=O)O)C1. The quantitative estimate of drug-likeness (QED) is 0.882. The third-order valence-electron chi connectivity index (χ3n) is 5.26. The minimum atomic E-state index is -0.839. The lowest BCUT2D eigenvalue weighted by atomic mass is 9.74. The van der Waals surface area contributed by atoms with Gasteiger partial charge in [0, 0.05) is 36.9 Å². The number of nitrogens with zero attached hydrogens (tertiary/aromatic N) is 1. The van der Waals surface area contributed by atoms with E-state index in [1.165, 1.54) is 16.2 Å². The maximum absolute atomic E-state index is 12.8. The number of hydrogen-bond acceptors (Lipinski definition) is 5. The predicted octanol–water partition coefficient (Wildman–Crippen LogP) is 1.38. The van der Waals surface area contributed by atoms with Gasteiger partial charge in [-0.3, -0.25) is 9.59 Å². The first-order valence-electron chi connectivity index (χ1n) is 7.90. The number of aliphatic carboxylic acids is 1. The molecule has 4 heterocycles. The number of carbonyl (C=O) groups excluding carboxylic acids is 1. The second-order valence-corrected chi connectivity index (χ2v) is 7.67. The molecule has 1 N–H and O–H groups in total. The van der Waals surface area contributed by atoms with Crippen LogP contribution in [-0.4, -0.2) is 54.8 Å². The highest BCUT2D eigenvalue weighted by Gasteiger charge is 2.55. The minimum Gasteiger partial charge on any atom is -0.481 e. The number of carboxylic acid groups (broad SMARTS) is 1. The van der Waals surface area contributed by atoms with Crippen molar-refractivity contribution in [1.82, 2.24) is 4.90 Å². The number of likely N-dealkylation sites (tertiary alicyclic amines) is 1. The van der Waals surface area contributed by atoms with Crippen LogP contribution in [0.2, 0.25) is 0 Å². The Bertz CT molecular complexity index is 633. The molecule has 0 aromatic carbocycles. The molecule has 1 aromatic heterocycles. The van der Waals surface area contributed by atoms with Crippen LogP contribution >= 0.6 is 11.3 Å². The van der Waals surface area contributed by atoms with Crippen LogP contribution in [0.1, 0.15) is 26.5 Å². The normalized spacial score (nSPS) is 29.9. The number of hydrogen-bond donors (Lipinski definition) is 1. The standard InChI is InChI=1S/C16H19NO5S/c18-14(13-5-10-7-21-3-1-12(10)23-13)17-6-11-8-22-4-2-16(11,9-17)15(19)20/h5,11H,1-4,6-9H2,(H,19,20)/t11-,16+/m0/s1. The molecule has 0 bridgehead atoms. The maximum Gasteiger partial charge on any atom is 0.311 e. The van der Waals surface area contributed by atoms with Crippen molar-refractivity contribution < 1.29 is 24.2 Å². The van der Waals surface area contributed by atoms with Crippen LogP contribution < -0.4 is 0 Å². The van der Waals surface area contributed by atoms with E-state index in [0.29, 0.717) is 44.3 Å². The summed E-state index contributed by atoms with van der Waals surface area (Å²) in [5, 5.41) is 9.69. The fraction of sp³-hybridized carbons (Fsp3) is 0.625. The molecule has 2 fully saturated rings. The second kappa shape index (κ2) is 5.58. The average molecular weight is 337 g/mol. The van der Waals surface area contributed by atoms with Gasteiger partial charge in [-0.2, -0.15) is 0 Å². The Labute approximate surface area is 138 Å². The van der Waals surface area contributed by atoms with E-state index >= 15 is 0 Å². The Hall–Kier alpha value is -1.44. The molecule has 1 amide bonds. The molecule has 2 atom stereocenters. The zero-order valence-corrected chi connectivity index (χ0v) is 13.6. The van der Waals surface area contributed by atoms with Crippen molar-refractivity contribution in [2.24, 2.45) is 11.3 Å². The lowest BCUT2D eigenvalue weighted by Gasteiger charge is -2.33. The zero-order valence-electron chi connectivity index (χ0n) is 12.7. The van der Waals surface area contributed by atoms with Crippen molar-refractivity contribution in [1.29, 1.82) is 0 Å². The fourth-order valence-corrected chi connectivity index (χ4v) is 4.98. The number of ether oxygens (including phenoxy) is 2. The van der Waals surface area contributed by atoms with Crippen LogP contribution in [0.4, 0.5) is 0 Å². The van der Waals surface area contributed by atoms with E-state index in [1.807, 2.05) is 6.07 Å². The largest absolute Gasteiger partial charge is 0.481 e. The molecule has 0 aliphatic carbocycles. The van der Waals surface area contributed by atoms with Gasteiger partial charge in [0.1, 0.15) is 0 Å². The van der Waals surface area contributed by atoms with Gasteiger partial charge in [0.2, 0.25) is 0 Å². The van der Waals surface area contributed by atoms with Gasteiger partial charge in [0.25, 0.3) is 5.91 Å². The number of fused-ring (bicyclic) bond motifs is 2. The Morgan fingerprint density at radius 3 is 2.96 bits per heavy atom. The Kier molecular flexibility index (Phi) is 3.66. The highest BCUT2D eigenvalue weighted by molar-refractivity contribution is 7.14. The van der Waals surface area contributed by atoms with Gasteiger partial charge in [-0.1, -0.05) is 0 Å². The predicted molar refractivity (Wildman–Crippen MR) is 82.6 cm³/mol. The first kappa shape index (κ1) is 15.1. The van der Waals surface area contributed by atoms with E-state index in [2.05, 4.69) is 0 Å². The summed E-state index contributed by atoms with van der Waals surface area (Å²) in [5.41, 5.74) is 0.256. The first-order valence-corrected chi connectivity index (χ1v) is 8.71. The van der Waals surface area contributed by atoms with Gasteiger partial charge in [0.15, 0.2) is 0 Å². The summed E-state index contributed by atoms with van der Waals surface area (Å²) >= 11 is 1.52. The number of amides is 1. The van der Waals surface area contributed by atoms with Gasteiger partial charge in [-0.15, -0.1) is 11.3 Å². The summed E-state index contributed by atoms with van der Waals surface area (Å²) < 4.78 is 10.9. The smallest absolute Gasteiger partial charge is 0.311 e. The monoisotopic (exact) mass is 337 g/mol. The van der Waals surface area contributed by atoms with Gasteiger partial charge in [-0.05, 0) is 18.1 Å². The number of rotatable bonds is 2. The molecule has 7 heteroatoms. The molecule has 0 unspecified atom stereocenters. The van der Waals surface area contributed by atoms with Crippen molar-refractivity contribution in [3.05, 3.63) is 21.4 Å². The highest BCUT2D eigenvalue weighted by Crippen LogP contribution is 2.43. The van der Waals surface area contributed by atoms with E-state index < -0.39 is 11.4 Å². The summed E-state index contributed by atoms with van der Waals surface area (Å²) in [7, 11) is 0. The van der Waals surface area contributed by atoms with Crippen molar-refractivity contribution in [3.63, 3.8) is 0 Å². The summed E-state index contributed by atoms with van der Waals surface area (Å²) in [6.07, 6.45) is 1.33. The van der Waals surface area contributed by atoms with Gasteiger partial charge < -0.3 is 19.5 Å². The molecule has 3 aliphatic rings. The molecule has 1 aromatic rings. The van der Waals surface area contributed by atoms with E-state index in [1.54, 1.807) is 4.90 Å². The summed E-state index contributed by atoms with van der Waals surface area (Å²) in [5.74, 6) is -0.977. The maximum atomic E-state index is 12.8. The molecule has 23 heavy (non-hydrogen) atoms. The van der Waals surface area contributed by atoms with Gasteiger partial charge in [-0.25, -0.2) is 0 Å². The molecule has 0 saturated carbocycles. The lowest BCUT2D eigenvalue weighted by Crippen LogP contribution is -2.45. The number of thiophene rings is 1. The molecule has 124 valence electrons. The lowest BCUT2D eigenvalue weighted by molar-refractivity contribution is -0.157. The first-order chi connectivity index (χ1) is 11.1. The van der Waals surface area contributed by atoms with Crippen molar-refractivity contribution >= 4 is 23.2 Å². The van der Waals surface area contributed by atoms with Gasteiger partial charge in [0.05, 0.1) is 30.1 Å². The van der Waals surface area contributed by atoms with Gasteiger partial charge >= 0.3 is 5.97 Å². The topological polar surface area (TPSA) is 76.1 Å². The highest BCUT2D eigenvalue weighted by atomic mass is 32.1. The van der Waals surface area contributed by atoms with Crippen LogP contribution in [0.15, 0.2) is 6.07 Å². The third kappa shape index (κ3) is 2.38. The van der Waals surface area contributed by atoms with E-state index in [0.717, 1.165) is 12.0 Å². The molecule has 2 saturated heterocycles. The van der Waals surface area contributed by atoms with Crippen LogP contribution in [0.3, 0.4) is 0 Å². The van der Waals surface area contributed by atoms with Crippen LogP contribution in [0.25, 0.3) is 0 Å². The molecule has 0 radical (unpaired) electrons. The van der Waals surface area contributed by atoms with Crippen molar-refractivity contribution in [2.75, 3.05) is 32.9 Å². The molecular formula is C16H19NO5S. The third-order valence-corrected chi connectivity index (χ3v) is 6.48. The molecule has 4 rings (SSSR count). The number of carboxylic acids is 1. The van der Waals surface area contributed by atoms with E-state index in [4.69, 9.17) is 9.47 Å². The minimum absolute atomic E-state index is 0.0561. The molecule has 6 nitrogen and oxygen atoms in total. The zero-order chi connectivity index (χ0) is 16.0. The van der Waals surface area contributed by atoms with E-state index in [9.17, 15) is 14.7 Å². The number of carbonyl (C=O) groups is 2. The molecular weight excluding hydrogens is 318 g/mol. The average Bonchev–Trinajstić information content (AvgIpc) is 3.16. The fourth-order valence-electron chi connectivity index (χ4n) is 3.86. The Morgan fingerprint density at radius 1 is 1.35 bits per heavy atom. The summed E-state index contributed by atoms with van der Waals surface area (Å²) in [6.45, 7) is 2.89. The Morgan fingerprint density at radius 2 is 2.22 bits per heavy atom. The molecule has 0 spiro atoms. The van der Waals surface area contributed by atoms with Crippen LogP contribution in [0.5, 0.6) is 0 Å². The summed E-state index contributed by atoms with van der Waals surface area (Å²) in [4.78, 5) is 28.3. The Balaban J connectivity index is 1.58. The van der Waals surface area contributed by atoms with Crippen molar-refractivity contribution in [2.45, 2.75) is 19.4 Å². The second-order valence-electron chi connectivity index (χ2n) is 6.53. The summed E-state index contributed by atoms with van der Waals surface area (Å²) in [6, 6.07) is 1.91. The molecule has 3 aliphatic heterocycles. The van der Waals surface area contributed by atoms with Crippen molar-refractivity contribution in [3.8, 4) is 0 Å².